The summed E-state index contributed by atoms with van der Waals surface area (Å²) in [6.07, 6.45) is 4.62. The van der Waals surface area contributed by atoms with Crippen molar-refractivity contribution in [1.82, 2.24) is 19.9 Å². The average molecular weight is 299 g/mol. The average Bonchev–Trinajstić information content (AvgIpc) is 2.92. The van der Waals surface area contributed by atoms with Crippen molar-refractivity contribution in [1.29, 1.82) is 0 Å². The lowest BCUT2D eigenvalue weighted by Crippen LogP contribution is -2.34. The van der Waals surface area contributed by atoms with Crippen LogP contribution >= 0.6 is 0 Å². The SMILES string of the molecule is CN(CC(N)=O)C(=O)/C=C\c1cn(Cc2ccccc2)nn1. The summed E-state index contributed by atoms with van der Waals surface area (Å²) < 4.78 is 1.69. The number of benzene rings is 1. The highest BCUT2D eigenvalue weighted by Crippen LogP contribution is 2.03. The van der Waals surface area contributed by atoms with Crippen LogP contribution in [-0.2, 0) is 16.1 Å². The van der Waals surface area contributed by atoms with E-state index in [0.717, 1.165) is 5.56 Å². The number of likely N-dealkylation sites (N-methyl/N-ethyl adjacent to an activating group) is 1. The molecule has 7 heteroatoms. The second-order valence-corrected chi connectivity index (χ2v) is 4.82. The van der Waals surface area contributed by atoms with Crippen LogP contribution in [0.3, 0.4) is 0 Å². The molecule has 2 amide bonds. The molecule has 7 nitrogen and oxygen atoms in total. The molecule has 0 fully saturated rings. The normalized spacial score (nSPS) is 10.8. The molecule has 0 bridgehead atoms. The minimum atomic E-state index is -0.557. The van der Waals surface area contributed by atoms with E-state index in [1.165, 1.54) is 18.0 Å². The smallest absolute Gasteiger partial charge is 0.246 e. The van der Waals surface area contributed by atoms with Crippen molar-refractivity contribution in [3.8, 4) is 0 Å². The molecule has 0 atom stereocenters. The Labute approximate surface area is 128 Å². The van der Waals surface area contributed by atoms with Gasteiger partial charge in [0.25, 0.3) is 0 Å². The number of nitrogens with zero attached hydrogens (tertiary/aromatic N) is 4. The van der Waals surface area contributed by atoms with Crippen molar-refractivity contribution in [2.24, 2.45) is 5.73 Å². The molecule has 0 unspecified atom stereocenters. The number of primary amides is 1. The van der Waals surface area contributed by atoms with Crippen LogP contribution in [0.4, 0.5) is 0 Å². The Bertz CT molecular complexity index is 678. The van der Waals surface area contributed by atoms with E-state index >= 15 is 0 Å². The zero-order valence-electron chi connectivity index (χ0n) is 12.2. The number of aromatic nitrogens is 3. The van der Waals surface area contributed by atoms with Gasteiger partial charge in [-0.15, -0.1) is 5.10 Å². The lowest BCUT2D eigenvalue weighted by molar-refractivity contribution is -0.129. The molecule has 2 N–H and O–H groups in total. The quantitative estimate of drug-likeness (QED) is 0.775. The first-order chi connectivity index (χ1) is 10.5. The van der Waals surface area contributed by atoms with Crippen LogP contribution in [0, 0.1) is 0 Å². The first kappa shape index (κ1) is 15.4. The first-order valence-corrected chi connectivity index (χ1v) is 6.70. The van der Waals surface area contributed by atoms with Crippen LogP contribution < -0.4 is 5.73 Å². The maximum atomic E-state index is 11.7. The summed E-state index contributed by atoms with van der Waals surface area (Å²) in [7, 11) is 1.50. The summed E-state index contributed by atoms with van der Waals surface area (Å²) >= 11 is 0. The van der Waals surface area contributed by atoms with Gasteiger partial charge in [0.2, 0.25) is 11.8 Å². The van der Waals surface area contributed by atoms with Crippen LogP contribution in [0.1, 0.15) is 11.3 Å². The molecule has 1 heterocycles. The topological polar surface area (TPSA) is 94.1 Å². The zero-order valence-corrected chi connectivity index (χ0v) is 12.2. The number of carbonyl (C=O) groups excluding carboxylic acids is 2. The minimum Gasteiger partial charge on any atom is -0.368 e. The molecule has 0 aliphatic carbocycles. The predicted molar refractivity (Wildman–Crippen MR) is 81.4 cm³/mol. The predicted octanol–water partition coefficient (Wildman–Crippen LogP) is 0.283. The van der Waals surface area contributed by atoms with Gasteiger partial charge in [0.05, 0.1) is 19.3 Å². The van der Waals surface area contributed by atoms with E-state index < -0.39 is 5.91 Å². The standard InChI is InChI=1S/C15H17N5O2/c1-19(11-14(16)21)15(22)8-7-13-10-20(18-17-13)9-12-5-3-2-4-6-12/h2-8,10H,9,11H2,1H3,(H2,16,21)/b8-7-. The first-order valence-electron chi connectivity index (χ1n) is 6.70. The molecule has 2 aromatic rings. The summed E-state index contributed by atoms with van der Waals surface area (Å²) in [6, 6.07) is 9.87. The molecule has 1 aromatic heterocycles. The molecule has 1 aromatic carbocycles. The van der Waals surface area contributed by atoms with Gasteiger partial charge in [-0.3, -0.25) is 9.59 Å². The number of rotatable bonds is 6. The zero-order chi connectivity index (χ0) is 15.9. The molecule has 114 valence electrons. The Kier molecular flexibility index (Phi) is 5.02. The summed E-state index contributed by atoms with van der Waals surface area (Å²) in [6.45, 7) is 0.487. The molecule has 22 heavy (non-hydrogen) atoms. The van der Waals surface area contributed by atoms with Gasteiger partial charge < -0.3 is 10.6 Å². The Morgan fingerprint density at radius 2 is 2.05 bits per heavy atom. The van der Waals surface area contributed by atoms with Crippen LogP contribution in [0.25, 0.3) is 6.08 Å². The highest BCUT2D eigenvalue weighted by Gasteiger charge is 2.07. The van der Waals surface area contributed by atoms with Crippen molar-refractivity contribution in [3.05, 3.63) is 53.9 Å². The van der Waals surface area contributed by atoms with Crippen LogP contribution in [0.5, 0.6) is 0 Å². The van der Waals surface area contributed by atoms with Gasteiger partial charge >= 0.3 is 0 Å². The molecule has 0 aliphatic heterocycles. The Morgan fingerprint density at radius 3 is 2.73 bits per heavy atom. The largest absolute Gasteiger partial charge is 0.368 e. The molecule has 2 rings (SSSR count). The van der Waals surface area contributed by atoms with Gasteiger partial charge in [-0.25, -0.2) is 4.68 Å². The number of nitrogens with two attached hydrogens (primary N) is 1. The lowest BCUT2D eigenvalue weighted by atomic mass is 10.2. The van der Waals surface area contributed by atoms with Gasteiger partial charge in [-0.05, 0) is 11.6 Å². The number of amides is 2. The second kappa shape index (κ2) is 7.16. The number of hydrogen-bond donors (Lipinski definition) is 1. The maximum absolute atomic E-state index is 11.7. The lowest BCUT2D eigenvalue weighted by Gasteiger charge is -2.11. The third-order valence-corrected chi connectivity index (χ3v) is 2.91. The van der Waals surface area contributed by atoms with Crippen molar-refractivity contribution in [2.75, 3.05) is 13.6 Å². The minimum absolute atomic E-state index is 0.121. The van der Waals surface area contributed by atoms with Gasteiger partial charge in [0.1, 0.15) is 5.69 Å². The van der Waals surface area contributed by atoms with Gasteiger partial charge in [0, 0.05) is 13.1 Å². The van der Waals surface area contributed by atoms with E-state index in [4.69, 9.17) is 5.73 Å². The van der Waals surface area contributed by atoms with E-state index in [1.807, 2.05) is 30.3 Å². The Balaban J connectivity index is 1.95. The third-order valence-electron chi connectivity index (χ3n) is 2.91. The molecule has 0 saturated heterocycles. The van der Waals surface area contributed by atoms with E-state index in [9.17, 15) is 9.59 Å². The fraction of sp³-hybridized carbons (Fsp3) is 0.200. The molecule has 0 radical (unpaired) electrons. The van der Waals surface area contributed by atoms with E-state index in [-0.39, 0.29) is 12.5 Å². The molecule has 0 spiro atoms. The van der Waals surface area contributed by atoms with Gasteiger partial charge in [-0.1, -0.05) is 35.5 Å². The van der Waals surface area contributed by atoms with Crippen molar-refractivity contribution < 1.29 is 9.59 Å². The summed E-state index contributed by atoms with van der Waals surface area (Å²) in [4.78, 5) is 23.7. The maximum Gasteiger partial charge on any atom is 0.246 e. The van der Waals surface area contributed by atoms with Crippen LogP contribution in [0.15, 0.2) is 42.6 Å². The van der Waals surface area contributed by atoms with Crippen molar-refractivity contribution >= 4 is 17.9 Å². The third kappa shape index (κ3) is 4.55. The number of carbonyl (C=O) groups is 2. The van der Waals surface area contributed by atoms with Crippen molar-refractivity contribution in [2.45, 2.75) is 6.54 Å². The van der Waals surface area contributed by atoms with Gasteiger partial charge in [-0.2, -0.15) is 0 Å². The van der Waals surface area contributed by atoms with Crippen LogP contribution in [-0.4, -0.2) is 45.3 Å². The highest BCUT2D eigenvalue weighted by molar-refractivity contribution is 5.93. The van der Waals surface area contributed by atoms with Crippen molar-refractivity contribution in [3.63, 3.8) is 0 Å². The fourth-order valence-electron chi connectivity index (χ4n) is 1.83. The molecule has 0 aliphatic rings. The van der Waals surface area contributed by atoms with E-state index in [2.05, 4.69) is 10.3 Å². The van der Waals surface area contributed by atoms with E-state index in [0.29, 0.717) is 12.2 Å². The van der Waals surface area contributed by atoms with Gasteiger partial charge in [0.15, 0.2) is 0 Å². The molecular weight excluding hydrogens is 282 g/mol. The van der Waals surface area contributed by atoms with E-state index in [1.54, 1.807) is 17.0 Å². The Hall–Kier alpha value is -2.96. The molecule has 0 saturated carbocycles. The highest BCUT2D eigenvalue weighted by atomic mass is 16.2. The monoisotopic (exact) mass is 299 g/mol. The second-order valence-electron chi connectivity index (χ2n) is 4.82. The van der Waals surface area contributed by atoms with Crippen LogP contribution in [0.2, 0.25) is 0 Å². The molecular formula is C15H17N5O2. The fourth-order valence-corrected chi connectivity index (χ4v) is 1.83. The summed E-state index contributed by atoms with van der Waals surface area (Å²) in [5, 5.41) is 7.97. The summed E-state index contributed by atoms with van der Waals surface area (Å²) in [5.74, 6) is -0.880. The number of hydrogen-bond acceptors (Lipinski definition) is 4. The Morgan fingerprint density at radius 1 is 1.32 bits per heavy atom. The summed E-state index contributed by atoms with van der Waals surface area (Å²) in [5.41, 5.74) is 6.71.